The molecule has 0 spiro atoms. The van der Waals surface area contributed by atoms with Gasteiger partial charge < -0.3 is 9.64 Å². The Morgan fingerprint density at radius 2 is 1.66 bits per heavy atom. The third-order valence-corrected chi connectivity index (χ3v) is 7.78. The highest BCUT2D eigenvalue weighted by molar-refractivity contribution is 7.99. The standard InChI is InChI=1S/C20H24N2O5S2/c1-27-17-4-8-19(9-5-17)29(25,26)18-6-2-15(3-7-18)14-22(20(23)21-24)16-10-12-28-13-11-16/h2-9,16,24H,10-14H2,1H3,(H,21,23). The number of benzene rings is 2. The number of sulfone groups is 1. The van der Waals surface area contributed by atoms with Crippen molar-refractivity contribution in [3.05, 3.63) is 54.1 Å². The van der Waals surface area contributed by atoms with Crippen LogP contribution in [0.4, 0.5) is 4.79 Å². The average molecular weight is 437 g/mol. The molecule has 1 aliphatic rings. The summed E-state index contributed by atoms with van der Waals surface area (Å²) in [5, 5.41) is 9.09. The fraction of sp³-hybridized carbons (Fsp3) is 0.350. The van der Waals surface area contributed by atoms with Crippen LogP contribution >= 0.6 is 11.8 Å². The molecule has 0 aromatic heterocycles. The van der Waals surface area contributed by atoms with Crippen molar-refractivity contribution >= 4 is 27.6 Å². The zero-order chi connectivity index (χ0) is 20.9. The molecule has 1 saturated heterocycles. The van der Waals surface area contributed by atoms with E-state index in [-0.39, 0.29) is 15.8 Å². The molecule has 1 fully saturated rings. The van der Waals surface area contributed by atoms with E-state index in [9.17, 15) is 13.2 Å². The molecule has 2 aromatic carbocycles. The first kappa shape index (κ1) is 21.5. The van der Waals surface area contributed by atoms with Crippen LogP contribution in [0.2, 0.25) is 0 Å². The Morgan fingerprint density at radius 1 is 1.10 bits per heavy atom. The summed E-state index contributed by atoms with van der Waals surface area (Å²) in [7, 11) is -2.12. The van der Waals surface area contributed by atoms with E-state index in [1.165, 1.54) is 19.2 Å². The highest BCUT2D eigenvalue weighted by Gasteiger charge is 2.26. The van der Waals surface area contributed by atoms with Crippen LogP contribution < -0.4 is 10.2 Å². The highest BCUT2D eigenvalue weighted by Crippen LogP contribution is 2.26. The van der Waals surface area contributed by atoms with Gasteiger partial charge in [0.05, 0.1) is 16.9 Å². The van der Waals surface area contributed by atoms with Crippen LogP contribution in [0.3, 0.4) is 0 Å². The second-order valence-electron chi connectivity index (χ2n) is 6.71. The topological polar surface area (TPSA) is 95.9 Å². The molecule has 0 bridgehead atoms. The summed E-state index contributed by atoms with van der Waals surface area (Å²) in [4.78, 5) is 14.1. The lowest BCUT2D eigenvalue weighted by Gasteiger charge is -2.33. The monoisotopic (exact) mass is 436 g/mol. The predicted octanol–water partition coefficient (Wildman–Crippen LogP) is 3.32. The summed E-state index contributed by atoms with van der Waals surface area (Å²) < 4.78 is 30.7. The van der Waals surface area contributed by atoms with Crippen LogP contribution in [-0.4, -0.2) is 49.2 Å². The molecule has 156 valence electrons. The minimum Gasteiger partial charge on any atom is -0.497 e. The Hall–Kier alpha value is -2.23. The minimum absolute atomic E-state index is 0.0473. The maximum absolute atomic E-state index is 12.8. The summed E-state index contributed by atoms with van der Waals surface area (Å²) in [5.74, 6) is 2.53. The van der Waals surface area contributed by atoms with Gasteiger partial charge in [0.15, 0.2) is 0 Å². The summed E-state index contributed by atoms with van der Waals surface area (Å²) in [5.41, 5.74) is 2.52. The number of amides is 2. The number of hydroxylamine groups is 1. The first-order valence-corrected chi connectivity index (χ1v) is 11.9. The van der Waals surface area contributed by atoms with E-state index in [0.29, 0.717) is 12.3 Å². The molecule has 1 aliphatic heterocycles. The summed E-state index contributed by atoms with van der Waals surface area (Å²) in [6, 6.07) is 12.2. The van der Waals surface area contributed by atoms with Crippen LogP contribution in [0.1, 0.15) is 18.4 Å². The second-order valence-corrected chi connectivity index (χ2v) is 9.89. The quantitative estimate of drug-likeness (QED) is 0.533. The molecule has 0 aliphatic carbocycles. The molecular weight excluding hydrogens is 412 g/mol. The molecule has 0 unspecified atom stereocenters. The van der Waals surface area contributed by atoms with Crippen LogP contribution in [0.25, 0.3) is 0 Å². The van der Waals surface area contributed by atoms with Crippen molar-refractivity contribution in [1.82, 2.24) is 10.4 Å². The molecule has 2 aromatic rings. The fourth-order valence-corrected chi connectivity index (χ4v) is 5.63. The van der Waals surface area contributed by atoms with Crippen LogP contribution in [-0.2, 0) is 16.4 Å². The van der Waals surface area contributed by atoms with E-state index in [1.807, 2.05) is 11.8 Å². The summed E-state index contributed by atoms with van der Waals surface area (Å²) in [6.07, 6.45) is 1.73. The van der Waals surface area contributed by atoms with Gasteiger partial charge in [-0.15, -0.1) is 0 Å². The number of nitrogens with zero attached hydrogens (tertiary/aromatic N) is 1. The van der Waals surface area contributed by atoms with Gasteiger partial charge in [-0.3, -0.25) is 5.21 Å². The lowest BCUT2D eigenvalue weighted by atomic mass is 10.1. The van der Waals surface area contributed by atoms with Gasteiger partial charge in [-0.05, 0) is 66.3 Å². The predicted molar refractivity (Wildman–Crippen MR) is 111 cm³/mol. The maximum atomic E-state index is 12.8. The lowest BCUT2D eigenvalue weighted by molar-refractivity contribution is 0.109. The molecule has 0 atom stereocenters. The van der Waals surface area contributed by atoms with E-state index in [2.05, 4.69) is 0 Å². The number of hydrogen-bond acceptors (Lipinski definition) is 6. The van der Waals surface area contributed by atoms with Crippen LogP contribution in [0.5, 0.6) is 5.75 Å². The minimum atomic E-state index is -3.64. The number of ether oxygens (including phenoxy) is 1. The third kappa shape index (κ3) is 5.04. The van der Waals surface area contributed by atoms with Crippen molar-refractivity contribution in [3.8, 4) is 5.75 Å². The normalized spacial score (nSPS) is 15.0. The van der Waals surface area contributed by atoms with Crippen molar-refractivity contribution in [2.75, 3.05) is 18.6 Å². The van der Waals surface area contributed by atoms with Crippen molar-refractivity contribution in [2.24, 2.45) is 0 Å². The van der Waals surface area contributed by atoms with Gasteiger partial charge in [-0.25, -0.2) is 18.7 Å². The molecule has 0 saturated carbocycles. The number of urea groups is 1. The molecule has 2 N–H and O–H groups in total. The molecule has 0 radical (unpaired) electrons. The SMILES string of the molecule is COc1ccc(S(=O)(=O)c2ccc(CN(C(=O)NO)C3CCSCC3)cc2)cc1. The molecule has 1 heterocycles. The average Bonchev–Trinajstić information content (AvgIpc) is 2.78. The number of thioether (sulfide) groups is 1. The molecule has 9 heteroatoms. The first-order chi connectivity index (χ1) is 14.0. The number of rotatable bonds is 6. The molecule has 2 amide bonds. The fourth-order valence-electron chi connectivity index (χ4n) is 3.29. The van der Waals surface area contributed by atoms with Gasteiger partial charge in [0.1, 0.15) is 5.75 Å². The molecular formula is C20H24N2O5S2. The van der Waals surface area contributed by atoms with Crippen LogP contribution in [0.15, 0.2) is 58.3 Å². The molecule has 3 rings (SSSR count). The Morgan fingerprint density at radius 3 is 2.17 bits per heavy atom. The maximum Gasteiger partial charge on any atom is 0.341 e. The Labute approximate surface area is 174 Å². The Kier molecular flexibility index (Phi) is 7.05. The van der Waals surface area contributed by atoms with Crippen molar-refractivity contribution in [1.29, 1.82) is 0 Å². The van der Waals surface area contributed by atoms with Crippen molar-refractivity contribution < 1.29 is 23.2 Å². The van der Waals surface area contributed by atoms with E-state index < -0.39 is 15.9 Å². The summed E-state index contributed by atoms with van der Waals surface area (Å²) >= 11 is 1.85. The Bertz CT molecular complexity index is 924. The number of methoxy groups -OCH3 is 1. The van der Waals surface area contributed by atoms with E-state index >= 15 is 0 Å². The van der Waals surface area contributed by atoms with Gasteiger partial charge in [0, 0.05) is 12.6 Å². The van der Waals surface area contributed by atoms with Crippen LogP contribution in [0, 0.1) is 0 Å². The van der Waals surface area contributed by atoms with Gasteiger partial charge in [0.25, 0.3) is 0 Å². The number of carbonyl (C=O) groups excluding carboxylic acids is 1. The highest BCUT2D eigenvalue weighted by atomic mass is 32.2. The third-order valence-electron chi connectivity index (χ3n) is 4.94. The smallest absolute Gasteiger partial charge is 0.341 e. The molecule has 29 heavy (non-hydrogen) atoms. The lowest BCUT2D eigenvalue weighted by Crippen LogP contribution is -2.46. The van der Waals surface area contributed by atoms with E-state index in [0.717, 1.165) is 29.9 Å². The number of nitrogens with one attached hydrogen (secondary N) is 1. The van der Waals surface area contributed by atoms with E-state index in [4.69, 9.17) is 9.94 Å². The van der Waals surface area contributed by atoms with Gasteiger partial charge in [-0.2, -0.15) is 11.8 Å². The zero-order valence-corrected chi connectivity index (χ0v) is 17.7. The molecule has 7 nitrogen and oxygen atoms in total. The number of hydrogen-bond donors (Lipinski definition) is 2. The van der Waals surface area contributed by atoms with Crippen molar-refractivity contribution in [3.63, 3.8) is 0 Å². The van der Waals surface area contributed by atoms with Gasteiger partial charge in [-0.1, -0.05) is 12.1 Å². The van der Waals surface area contributed by atoms with Gasteiger partial charge in [0.2, 0.25) is 9.84 Å². The largest absolute Gasteiger partial charge is 0.497 e. The Balaban J connectivity index is 1.78. The van der Waals surface area contributed by atoms with Crippen molar-refractivity contribution in [2.45, 2.75) is 35.2 Å². The number of carbonyl (C=O) groups is 1. The zero-order valence-electron chi connectivity index (χ0n) is 16.1. The summed E-state index contributed by atoms with van der Waals surface area (Å²) in [6.45, 7) is 0.296. The van der Waals surface area contributed by atoms with Gasteiger partial charge >= 0.3 is 6.03 Å². The van der Waals surface area contributed by atoms with E-state index in [1.54, 1.807) is 46.8 Å². The first-order valence-electron chi connectivity index (χ1n) is 9.22. The second kappa shape index (κ2) is 9.51.